The predicted octanol–water partition coefficient (Wildman–Crippen LogP) is 3.67. The molecule has 0 bridgehead atoms. The van der Waals surface area contributed by atoms with Gasteiger partial charge in [-0.05, 0) is 55.0 Å². The summed E-state index contributed by atoms with van der Waals surface area (Å²) in [4.78, 5) is 31.2. The van der Waals surface area contributed by atoms with Gasteiger partial charge in [-0.15, -0.1) is 0 Å². The normalized spacial score (nSPS) is 16.3. The SMILES string of the molecule is CCOc1ccc(Oc2cc(CNC(=O)C3CC(=O)N(c4ccc5c(c4)OCO5)C3)ccn2)cc1. The van der Waals surface area contributed by atoms with E-state index in [1.165, 1.54) is 0 Å². The summed E-state index contributed by atoms with van der Waals surface area (Å²) in [6.07, 6.45) is 1.79. The summed E-state index contributed by atoms with van der Waals surface area (Å²) in [5, 5.41) is 2.93. The van der Waals surface area contributed by atoms with E-state index in [9.17, 15) is 9.59 Å². The molecule has 0 aliphatic carbocycles. The van der Waals surface area contributed by atoms with Crippen molar-refractivity contribution in [1.29, 1.82) is 0 Å². The van der Waals surface area contributed by atoms with Gasteiger partial charge in [0.2, 0.25) is 24.5 Å². The zero-order chi connectivity index (χ0) is 24.2. The lowest BCUT2D eigenvalue weighted by Crippen LogP contribution is -2.32. The number of aromatic nitrogens is 1. The second-order valence-corrected chi connectivity index (χ2v) is 8.17. The van der Waals surface area contributed by atoms with Gasteiger partial charge in [-0.2, -0.15) is 0 Å². The molecule has 1 aromatic heterocycles. The molecule has 1 fully saturated rings. The molecule has 3 heterocycles. The molecule has 0 spiro atoms. The molecule has 2 amide bonds. The molecule has 0 saturated carbocycles. The highest BCUT2D eigenvalue weighted by Crippen LogP contribution is 2.37. The molecule has 3 aromatic rings. The van der Waals surface area contributed by atoms with E-state index in [1.54, 1.807) is 35.4 Å². The van der Waals surface area contributed by atoms with Crippen LogP contribution in [0.5, 0.6) is 28.9 Å². The molecular weight excluding hydrogens is 450 g/mol. The monoisotopic (exact) mass is 475 g/mol. The first kappa shape index (κ1) is 22.5. The average Bonchev–Trinajstić information content (AvgIpc) is 3.50. The van der Waals surface area contributed by atoms with Crippen LogP contribution in [-0.2, 0) is 16.1 Å². The van der Waals surface area contributed by atoms with Gasteiger partial charge in [-0.1, -0.05) is 0 Å². The summed E-state index contributed by atoms with van der Waals surface area (Å²) in [6, 6.07) is 16.2. The Morgan fingerprint density at radius 1 is 1.09 bits per heavy atom. The minimum Gasteiger partial charge on any atom is -0.494 e. The van der Waals surface area contributed by atoms with Crippen LogP contribution in [0.25, 0.3) is 0 Å². The minimum absolute atomic E-state index is 0.0982. The van der Waals surface area contributed by atoms with Crippen molar-refractivity contribution in [3.63, 3.8) is 0 Å². The Balaban J connectivity index is 1.16. The number of fused-ring (bicyclic) bond motifs is 1. The number of nitrogens with one attached hydrogen (secondary N) is 1. The lowest BCUT2D eigenvalue weighted by molar-refractivity contribution is -0.126. The van der Waals surface area contributed by atoms with Crippen molar-refractivity contribution in [3.05, 3.63) is 66.4 Å². The van der Waals surface area contributed by atoms with Crippen LogP contribution >= 0.6 is 0 Å². The van der Waals surface area contributed by atoms with Gasteiger partial charge in [-0.3, -0.25) is 9.59 Å². The summed E-state index contributed by atoms with van der Waals surface area (Å²) in [6.45, 7) is 3.31. The van der Waals surface area contributed by atoms with Crippen molar-refractivity contribution in [2.75, 3.05) is 24.8 Å². The lowest BCUT2D eigenvalue weighted by Gasteiger charge is -2.17. The molecule has 2 aliphatic rings. The fourth-order valence-electron chi connectivity index (χ4n) is 4.03. The number of pyridine rings is 1. The number of amides is 2. The third-order valence-electron chi connectivity index (χ3n) is 5.79. The van der Waals surface area contributed by atoms with E-state index < -0.39 is 5.92 Å². The van der Waals surface area contributed by atoms with Crippen LogP contribution < -0.4 is 29.2 Å². The number of anilines is 1. The van der Waals surface area contributed by atoms with Crippen molar-refractivity contribution in [2.45, 2.75) is 19.9 Å². The van der Waals surface area contributed by atoms with Crippen LogP contribution in [0.2, 0.25) is 0 Å². The molecule has 5 rings (SSSR count). The van der Waals surface area contributed by atoms with Gasteiger partial charge in [0.15, 0.2) is 11.5 Å². The number of carbonyl (C=O) groups is 2. The van der Waals surface area contributed by atoms with E-state index in [-0.39, 0.29) is 25.0 Å². The highest BCUT2D eigenvalue weighted by Gasteiger charge is 2.35. The quantitative estimate of drug-likeness (QED) is 0.531. The Morgan fingerprint density at radius 3 is 2.71 bits per heavy atom. The van der Waals surface area contributed by atoms with Gasteiger partial charge < -0.3 is 29.2 Å². The van der Waals surface area contributed by atoms with E-state index in [4.69, 9.17) is 18.9 Å². The topological polar surface area (TPSA) is 99.2 Å². The molecule has 1 atom stereocenters. The first-order valence-electron chi connectivity index (χ1n) is 11.4. The first-order valence-corrected chi connectivity index (χ1v) is 11.4. The maximum atomic E-state index is 12.8. The highest BCUT2D eigenvalue weighted by atomic mass is 16.7. The van der Waals surface area contributed by atoms with Gasteiger partial charge in [0.05, 0.1) is 12.5 Å². The minimum atomic E-state index is -0.436. The molecule has 2 aliphatic heterocycles. The lowest BCUT2D eigenvalue weighted by atomic mass is 10.1. The Bertz CT molecular complexity index is 1230. The summed E-state index contributed by atoms with van der Waals surface area (Å²) >= 11 is 0. The highest BCUT2D eigenvalue weighted by molar-refractivity contribution is 6.00. The van der Waals surface area contributed by atoms with Gasteiger partial charge in [0, 0.05) is 43.5 Å². The van der Waals surface area contributed by atoms with Gasteiger partial charge in [0.25, 0.3) is 0 Å². The summed E-state index contributed by atoms with van der Waals surface area (Å²) in [5.41, 5.74) is 1.53. The summed E-state index contributed by atoms with van der Waals surface area (Å²) in [5.74, 6) is 2.37. The number of ether oxygens (including phenoxy) is 4. The third-order valence-corrected chi connectivity index (χ3v) is 5.79. The van der Waals surface area contributed by atoms with Gasteiger partial charge in [0.1, 0.15) is 11.5 Å². The predicted molar refractivity (Wildman–Crippen MR) is 127 cm³/mol. The van der Waals surface area contributed by atoms with Crippen molar-refractivity contribution in [2.24, 2.45) is 5.92 Å². The number of carbonyl (C=O) groups excluding carboxylic acids is 2. The Labute approximate surface area is 202 Å². The smallest absolute Gasteiger partial charge is 0.231 e. The molecule has 2 aromatic carbocycles. The van der Waals surface area contributed by atoms with Gasteiger partial charge >= 0.3 is 0 Å². The van der Waals surface area contributed by atoms with Gasteiger partial charge in [-0.25, -0.2) is 4.98 Å². The van der Waals surface area contributed by atoms with E-state index in [2.05, 4.69) is 10.3 Å². The molecule has 9 nitrogen and oxygen atoms in total. The van der Waals surface area contributed by atoms with E-state index in [1.807, 2.05) is 37.3 Å². The fraction of sp³-hybridized carbons (Fsp3) is 0.269. The van der Waals surface area contributed by atoms with Crippen LogP contribution in [0.4, 0.5) is 5.69 Å². The number of hydrogen-bond acceptors (Lipinski definition) is 7. The second kappa shape index (κ2) is 9.92. The van der Waals surface area contributed by atoms with E-state index in [0.29, 0.717) is 48.5 Å². The molecule has 9 heteroatoms. The third kappa shape index (κ3) is 5.13. The van der Waals surface area contributed by atoms with Crippen molar-refractivity contribution >= 4 is 17.5 Å². The van der Waals surface area contributed by atoms with Crippen molar-refractivity contribution in [1.82, 2.24) is 10.3 Å². The zero-order valence-corrected chi connectivity index (χ0v) is 19.2. The largest absolute Gasteiger partial charge is 0.494 e. The van der Waals surface area contributed by atoms with Crippen LogP contribution in [0.15, 0.2) is 60.8 Å². The fourth-order valence-corrected chi connectivity index (χ4v) is 4.03. The molecule has 35 heavy (non-hydrogen) atoms. The standard InChI is InChI=1S/C26H25N3O6/c1-2-32-20-4-6-21(7-5-20)35-24-11-17(9-10-27-24)14-28-26(31)18-12-25(30)29(15-18)19-3-8-22-23(13-19)34-16-33-22/h3-11,13,18H,2,12,14-16H2,1H3,(H,28,31). The Kier molecular flexibility index (Phi) is 6.38. The van der Waals surface area contributed by atoms with Crippen molar-refractivity contribution in [3.8, 4) is 28.9 Å². The molecule has 1 N–H and O–H groups in total. The first-order chi connectivity index (χ1) is 17.1. The van der Waals surface area contributed by atoms with Crippen LogP contribution in [0, 0.1) is 5.92 Å². The molecule has 1 saturated heterocycles. The Hall–Kier alpha value is -4.27. The van der Waals surface area contributed by atoms with E-state index >= 15 is 0 Å². The summed E-state index contributed by atoms with van der Waals surface area (Å²) in [7, 11) is 0. The number of rotatable bonds is 8. The number of nitrogens with zero attached hydrogens (tertiary/aromatic N) is 2. The molecule has 1 unspecified atom stereocenters. The van der Waals surface area contributed by atoms with Crippen LogP contribution in [0.3, 0.4) is 0 Å². The molecular formula is C26H25N3O6. The van der Waals surface area contributed by atoms with Crippen LogP contribution in [0.1, 0.15) is 18.9 Å². The average molecular weight is 476 g/mol. The zero-order valence-electron chi connectivity index (χ0n) is 19.2. The molecule has 180 valence electrons. The van der Waals surface area contributed by atoms with Crippen molar-refractivity contribution < 1.29 is 28.5 Å². The maximum Gasteiger partial charge on any atom is 0.231 e. The second-order valence-electron chi connectivity index (χ2n) is 8.17. The number of benzene rings is 2. The maximum absolute atomic E-state index is 12.8. The Morgan fingerprint density at radius 2 is 1.89 bits per heavy atom. The van der Waals surface area contributed by atoms with E-state index in [0.717, 1.165) is 11.3 Å². The summed E-state index contributed by atoms with van der Waals surface area (Å²) < 4.78 is 22.0. The number of hydrogen-bond donors (Lipinski definition) is 1. The molecule has 0 radical (unpaired) electrons. The van der Waals surface area contributed by atoms with Crippen LogP contribution in [-0.4, -0.2) is 36.7 Å².